The highest BCUT2D eigenvalue weighted by Crippen LogP contribution is 2.21. The second-order valence-corrected chi connectivity index (χ2v) is 5.64. The maximum Gasteiger partial charge on any atom is 0.389 e. The lowest BCUT2D eigenvalue weighted by molar-refractivity contribution is -0.135. The Balaban J connectivity index is 0.00000529. The predicted molar refractivity (Wildman–Crippen MR) is 104 cm³/mol. The Bertz CT molecular complexity index is 464. The van der Waals surface area contributed by atoms with Crippen LogP contribution in [0.5, 0.6) is 0 Å². The summed E-state index contributed by atoms with van der Waals surface area (Å²) >= 11 is 0. The molecule has 0 saturated heterocycles. The van der Waals surface area contributed by atoms with Crippen molar-refractivity contribution in [1.29, 1.82) is 0 Å². The summed E-state index contributed by atoms with van der Waals surface area (Å²) in [6.45, 7) is 2.56. The molecule has 2 N–H and O–H groups in total. The summed E-state index contributed by atoms with van der Waals surface area (Å²) in [5, 5.41) is 6.32. The molecule has 0 radical (unpaired) electrons. The molecule has 0 aliphatic heterocycles. The molecule has 7 heteroatoms. The largest absolute Gasteiger partial charge is 0.389 e. The Morgan fingerprint density at radius 3 is 2.42 bits per heavy atom. The lowest BCUT2D eigenvalue weighted by Gasteiger charge is -2.18. The summed E-state index contributed by atoms with van der Waals surface area (Å²) in [5.74, 6) is 0.637. The molecule has 0 aromatic heterocycles. The van der Waals surface area contributed by atoms with Gasteiger partial charge in [0.15, 0.2) is 5.96 Å². The number of nitrogens with zero attached hydrogens (tertiary/aromatic N) is 1. The number of guanidine groups is 1. The third-order valence-electron chi connectivity index (χ3n) is 3.50. The van der Waals surface area contributed by atoms with E-state index in [4.69, 9.17) is 0 Å². The fourth-order valence-corrected chi connectivity index (χ4v) is 2.19. The van der Waals surface area contributed by atoms with E-state index in [1.54, 1.807) is 7.05 Å². The fraction of sp³-hybridized carbons (Fsp3) is 0.588. The monoisotopic (exact) mass is 457 g/mol. The summed E-state index contributed by atoms with van der Waals surface area (Å²) < 4.78 is 36.1. The first-order valence-electron chi connectivity index (χ1n) is 7.98. The first kappa shape index (κ1) is 23.0. The van der Waals surface area contributed by atoms with Crippen LogP contribution in [-0.2, 0) is 6.42 Å². The molecule has 138 valence electrons. The van der Waals surface area contributed by atoms with Gasteiger partial charge in [-0.15, -0.1) is 24.0 Å². The number of aryl methyl sites for hydroxylation is 1. The first-order valence-corrected chi connectivity index (χ1v) is 7.98. The van der Waals surface area contributed by atoms with Crippen molar-refractivity contribution in [2.24, 2.45) is 4.99 Å². The lowest BCUT2D eigenvalue weighted by atomic mass is 10.1. The van der Waals surface area contributed by atoms with E-state index in [0.29, 0.717) is 18.9 Å². The Hall–Kier alpha value is -0.990. The van der Waals surface area contributed by atoms with E-state index in [-0.39, 0.29) is 36.4 Å². The molecular weight excluding hydrogens is 430 g/mol. The number of nitrogens with one attached hydrogen (secondary N) is 2. The molecule has 0 bridgehead atoms. The van der Waals surface area contributed by atoms with Gasteiger partial charge in [-0.25, -0.2) is 0 Å². The molecule has 0 heterocycles. The zero-order valence-corrected chi connectivity index (χ0v) is 16.5. The van der Waals surface area contributed by atoms with Crippen LogP contribution in [0.3, 0.4) is 0 Å². The lowest BCUT2D eigenvalue weighted by Crippen LogP contribution is -2.42. The molecule has 1 atom stereocenters. The van der Waals surface area contributed by atoms with Gasteiger partial charge < -0.3 is 10.6 Å². The molecule has 1 aromatic rings. The number of hydrogen-bond acceptors (Lipinski definition) is 1. The van der Waals surface area contributed by atoms with Crippen LogP contribution in [0.4, 0.5) is 13.2 Å². The highest BCUT2D eigenvalue weighted by atomic mass is 127. The van der Waals surface area contributed by atoms with E-state index in [0.717, 1.165) is 12.8 Å². The van der Waals surface area contributed by atoms with Crippen LogP contribution in [0, 0.1) is 0 Å². The first-order chi connectivity index (χ1) is 10.9. The van der Waals surface area contributed by atoms with Gasteiger partial charge in [0.1, 0.15) is 0 Å². The van der Waals surface area contributed by atoms with Gasteiger partial charge >= 0.3 is 6.18 Å². The van der Waals surface area contributed by atoms with E-state index in [1.807, 2.05) is 18.2 Å². The Morgan fingerprint density at radius 2 is 1.83 bits per heavy atom. The molecule has 1 aromatic carbocycles. The molecule has 0 aliphatic carbocycles. The molecule has 0 aliphatic rings. The maximum atomic E-state index is 12.0. The zero-order chi connectivity index (χ0) is 17.1. The van der Waals surface area contributed by atoms with Gasteiger partial charge in [0.2, 0.25) is 0 Å². The van der Waals surface area contributed by atoms with E-state index in [9.17, 15) is 13.2 Å². The van der Waals surface area contributed by atoms with Crippen molar-refractivity contribution < 1.29 is 13.2 Å². The van der Waals surface area contributed by atoms with Gasteiger partial charge in [-0.1, -0.05) is 30.3 Å². The van der Waals surface area contributed by atoms with Gasteiger partial charge in [-0.05, 0) is 38.2 Å². The second-order valence-electron chi connectivity index (χ2n) is 5.64. The molecule has 0 fully saturated rings. The third kappa shape index (κ3) is 11.5. The SMILES string of the molecule is CN=C(NCCCCC(F)(F)F)NC(C)CCc1ccccc1.I. The Labute approximate surface area is 159 Å². The van der Waals surface area contributed by atoms with Crippen molar-refractivity contribution in [2.45, 2.75) is 51.2 Å². The normalized spacial score (nSPS) is 13.1. The summed E-state index contributed by atoms with van der Waals surface area (Å²) in [6.07, 6.45) is -2.26. The van der Waals surface area contributed by atoms with Gasteiger partial charge in [0.05, 0.1) is 0 Å². The summed E-state index contributed by atoms with van der Waals surface area (Å²) in [7, 11) is 1.66. The molecule has 0 spiro atoms. The van der Waals surface area contributed by atoms with E-state index in [2.05, 4.69) is 34.7 Å². The van der Waals surface area contributed by atoms with Crippen LogP contribution < -0.4 is 10.6 Å². The van der Waals surface area contributed by atoms with Crippen LogP contribution in [0.25, 0.3) is 0 Å². The molecule has 1 rings (SSSR count). The van der Waals surface area contributed by atoms with Crippen molar-refractivity contribution in [3.8, 4) is 0 Å². The number of hydrogen-bond donors (Lipinski definition) is 2. The van der Waals surface area contributed by atoms with Crippen LogP contribution in [0.15, 0.2) is 35.3 Å². The maximum absolute atomic E-state index is 12.0. The van der Waals surface area contributed by atoms with Crippen molar-refractivity contribution in [2.75, 3.05) is 13.6 Å². The van der Waals surface area contributed by atoms with Gasteiger partial charge in [0.25, 0.3) is 0 Å². The molecular formula is C17H27F3IN3. The summed E-state index contributed by atoms with van der Waals surface area (Å²) in [6, 6.07) is 10.5. The second kappa shape index (κ2) is 12.4. The minimum atomic E-state index is -4.06. The summed E-state index contributed by atoms with van der Waals surface area (Å²) in [4.78, 5) is 4.10. The number of benzene rings is 1. The fourth-order valence-electron chi connectivity index (χ4n) is 2.19. The average molecular weight is 457 g/mol. The van der Waals surface area contributed by atoms with Crippen molar-refractivity contribution in [3.63, 3.8) is 0 Å². The van der Waals surface area contributed by atoms with E-state index >= 15 is 0 Å². The molecule has 3 nitrogen and oxygen atoms in total. The van der Waals surface area contributed by atoms with E-state index < -0.39 is 12.6 Å². The number of unbranched alkanes of at least 4 members (excludes halogenated alkanes) is 1. The molecule has 1 unspecified atom stereocenters. The third-order valence-corrected chi connectivity index (χ3v) is 3.50. The van der Waals surface area contributed by atoms with Crippen molar-refractivity contribution in [1.82, 2.24) is 10.6 Å². The average Bonchev–Trinajstić information content (AvgIpc) is 2.51. The van der Waals surface area contributed by atoms with Crippen LogP contribution in [-0.4, -0.2) is 31.8 Å². The van der Waals surface area contributed by atoms with Crippen LogP contribution in [0.1, 0.15) is 38.2 Å². The minimum Gasteiger partial charge on any atom is -0.356 e. The molecule has 24 heavy (non-hydrogen) atoms. The highest BCUT2D eigenvalue weighted by molar-refractivity contribution is 14.0. The standard InChI is InChI=1S/C17H26F3N3.HI/c1-14(10-11-15-8-4-3-5-9-15)23-16(21-2)22-13-7-6-12-17(18,19)20;/h3-5,8-9,14H,6-7,10-13H2,1-2H3,(H2,21,22,23);1H. The van der Waals surface area contributed by atoms with Gasteiger partial charge in [-0.2, -0.15) is 13.2 Å². The smallest absolute Gasteiger partial charge is 0.356 e. The predicted octanol–water partition coefficient (Wildman–Crippen LogP) is 4.52. The van der Waals surface area contributed by atoms with Crippen LogP contribution >= 0.6 is 24.0 Å². The number of alkyl halides is 3. The van der Waals surface area contributed by atoms with E-state index in [1.165, 1.54) is 5.56 Å². The molecule has 0 amide bonds. The van der Waals surface area contributed by atoms with Gasteiger partial charge in [0, 0.05) is 26.1 Å². The highest BCUT2D eigenvalue weighted by Gasteiger charge is 2.25. The quantitative estimate of drug-likeness (QED) is 0.261. The van der Waals surface area contributed by atoms with Crippen molar-refractivity contribution >= 4 is 29.9 Å². The van der Waals surface area contributed by atoms with Gasteiger partial charge in [-0.3, -0.25) is 4.99 Å². The number of aliphatic imine (C=N–C) groups is 1. The minimum absolute atomic E-state index is 0. The number of halogens is 4. The van der Waals surface area contributed by atoms with Crippen LogP contribution in [0.2, 0.25) is 0 Å². The Kier molecular flexibility index (Phi) is 11.9. The van der Waals surface area contributed by atoms with Crippen molar-refractivity contribution in [3.05, 3.63) is 35.9 Å². The molecule has 0 saturated carbocycles. The Morgan fingerprint density at radius 1 is 1.17 bits per heavy atom. The topological polar surface area (TPSA) is 36.4 Å². The summed E-state index contributed by atoms with van der Waals surface area (Å²) in [5.41, 5.74) is 1.29. The zero-order valence-electron chi connectivity index (χ0n) is 14.2. The number of rotatable bonds is 8.